The predicted molar refractivity (Wildman–Crippen MR) is 112 cm³/mol. The normalized spacial score (nSPS) is 20.8. The summed E-state index contributed by atoms with van der Waals surface area (Å²) in [5.74, 6) is -0.607. The third-order valence-electron chi connectivity index (χ3n) is 5.28. The SMILES string of the molecule is COc1cccc(C=C2Oc3cc(OCC(=O)N4C[C@H](O)C[C@H]4C(=O)O)ccc3C2=O)c1. The van der Waals surface area contributed by atoms with E-state index in [-0.39, 0.29) is 24.5 Å². The number of benzene rings is 2. The first-order chi connectivity index (χ1) is 15.4. The molecular formula is C23H21NO8. The summed E-state index contributed by atoms with van der Waals surface area (Å²) in [5, 5.41) is 18.9. The van der Waals surface area contributed by atoms with Gasteiger partial charge in [0.25, 0.3) is 5.91 Å². The molecule has 2 N–H and O–H groups in total. The quantitative estimate of drug-likeness (QED) is 0.653. The average Bonchev–Trinajstić information content (AvgIpc) is 3.32. The van der Waals surface area contributed by atoms with Crippen molar-refractivity contribution in [2.45, 2.75) is 18.6 Å². The summed E-state index contributed by atoms with van der Waals surface area (Å²) >= 11 is 0. The second kappa shape index (κ2) is 8.72. The molecule has 1 saturated heterocycles. The Hall–Kier alpha value is -3.85. The van der Waals surface area contributed by atoms with Crippen LogP contribution in [-0.2, 0) is 9.59 Å². The number of ether oxygens (including phenoxy) is 3. The molecule has 0 aliphatic carbocycles. The summed E-state index contributed by atoms with van der Waals surface area (Å²) in [7, 11) is 1.55. The van der Waals surface area contributed by atoms with Crippen molar-refractivity contribution in [1.29, 1.82) is 0 Å². The maximum absolute atomic E-state index is 12.6. The van der Waals surface area contributed by atoms with E-state index < -0.39 is 30.6 Å². The standard InChI is InChI=1S/C23H21NO8/c1-30-15-4-2-3-13(7-15)8-20-22(27)17-6-5-16(10-19(17)32-20)31-12-21(26)24-11-14(25)9-18(24)23(28)29/h2-8,10,14,18,25H,9,11-12H2,1H3,(H,28,29)/t14-,18+/m1/s1. The Labute approximate surface area is 183 Å². The fourth-order valence-electron chi connectivity index (χ4n) is 3.69. The van der Waals surface area contributed by atoms with Gasteiger partial charge in [-0.05, 0) is 35.9 Å². The van der Waals surface area contributed by atoms with Crippen LogP contribution in [0.3, 0.4) is 0 Å². The molecule has 9 heteroatoms. The van der Waals surface area contributed by atoms with Gasteiger partial charge in [-0.25, -0.2) is 4.79 Å². The van der Waals surface area contributed by atoms with E-state index in [1.54, 1.807) is 37.5 Å². The van der Waals surface area contributed by atoms with Crippen LogP contribution in [-0.4, -0.2) is 65.2 Å². The fourth-order valence-corrected chi connectivity index (χ4v) is 3.69. The van der Waals surface area contributed by atoms with Crippen molar-refractivity contribution in [2.75, 3.05) is 20.3 Å². The van der Waals surface area contributed by atoms with E-state index in [4.69, 9.17) is 14.2 Å². The van der Waals surface area contributed by atoms with E-state index in [0.717, 1.165) is 10.5 Å². The number of aliphatic hydroxyl groups is 1. The van der Waals surface area contributed by atoms with Crippen LogP contribution in [0, 0.1) is 0 Å². The lowest BCUT2D eigenvalue weighted by atomic mass is 10.1. The number of aliphatic carboxylic acids is 1. The number of allylic oxidation sites excluding steroid dienone is 1. The van der Waals surface area contributed by atoms with Crippen molar-refractivity contribution in [2.24, 2.45) is 0 Å². The fraction of sp³-hybridized carbons (Fsp3) is 0.261. The van der Waals surface area contributed by atoms with Gasteiger partial charge in [0.1, 0.15) is 23.3 Å². The summed E-state index contributed by atoms with van der Waals surface area (Å²) in [6.07, 6.45) is 0.715. The largest absolute Gasteiger partial charge is 0.497 e. The lowest BCUT2D eigenvalue weighted by Crippen LogP contribution is -2.42. The van der Waals surface area contributed by atoms with Gasteiger partial charge < -0.3 is 29.3 Å². The zero-order chi connectivity index (χ0) is 22.8. The van der Waals surface area contributed by atoms with E-state index in [1.807, 2.05) is 6.07 Å². The smallest absolute Gasteiger partial charge is 0.326 e. The van der Waals surface area contributed by atoms with Crippen LogP contribution in [0.25, 0.3) is 6.08 Å². The summed E-state index contributed by atoms with van der Waals surface area (Å²) in [6, 6.07) is 10.7. The number of carbonyl (C=O) groups is 3. The highest BCUT2D eigenvalue weighted by atomic mass is 16.5. The van der Waals surface area contributed by atoms with Gasteiger partial charge in [0.2, 0.25) is 5.78 Å². The van der Waals surface area contributed by atoms with Crippen LogP contribution < -0.4 is 14.2 Å². The Morgan fingerprint density at radius 2 is 2.03 bits per heavy atom. The molecule has 166 valence electrons. The zero-order valence-corrected chi connectivity index (χ0v) is 17.2. The minimum atomic E-state index is -1.17. The second-order valence-corrected chi connectivity index (χ2v) is 7.45. The highest BCUT2D eigenvalue weighted by molar-refractivity contribution is 6.14. The van der Waals surface area contributed by atoms with Crippen molar-refractivity contribution >= 4 is 23.7 Å². The number of nitrogens with zero attached hydrogens (tertiary/aromatic N) is 1. The molecule has 2 aromatic carbocycles. The number of rotatable bonds is 6. The Balaban J connectivity index is 1.44. The van der Waals surface area contributed by atoms with Crippen molar-refractivity contribution in [3.8, 4) is 17.2 Å². The number of methoxy groups -OCH3 is 1. The molecule has 2 atom stereocenters. The zero-order valence-electron chi connectivity index (χ0n) is 17.2. The van der Waals surface area contributed by atoms with Gasteiger partial charge in [-0.15, -0.1) is 0 Å². The summed E-state index contributed by atoms with van der Waals surface area (Å²) in [4.78, 5) is 37.4. The molecule has 0 aromatic heterocycles. The van der Waals surface area contributed by atoms with E-state index in [1.165, 1.54) is 12.1 Å². The highest BCUT2D eigenvalue weighted by Gasteiger charge is 2.39. The predicted octanol–water partition coefficient (Wildman–Crippen LogP) is 1.74. The van der Waals surface area contributed by atoms with Crippen molar-refractivity contribution in [3.63, 3.8) is 0 Å². The molecular weight excluding hydrogens is 418 g/mol. The van der Waals surface area contributed by atoms with Crippen LogP contribution in [0.2, 0.25) is 0 Å². The lowest BCUT2D eigenvalue weighted by Gasteiger charge is -2.21. The average molecular weight is 439 g/mol. The van der Waals surface area contributed by atoms with Crippen LogP contribution >= 0.6 is 0 Å². The van der Waals surface area contributed by atoms with Crippen molar-refractivity contribution in [3.05, 3.63) is 59.4 Å². The summed E-state index contributed by atoms with van der Waals surface area (Å²) < 4.78 is 16.4. The minimum Gasteiger partial charge on any atom is -0.497 e. The van der Waals surface area contributed by atoms with E-state index >= 15 is 0 Å². The summed E-state index contributed by atoms with van der Waals surface area (Å²) in [5.41, 5.74) is 1.11. The first-order valence-corrected chi connectivity index (χ1v) is 9.91. The highest BCUT2D eigenvalue weighted by Crippen LogP contribution is 2.35. The van der Waals surface area contributed by atoms with E-state index in [0.29, 0.717) is 22.8 Å². The number of carboxylic acid groups (broad SMARTS) is 1. The maximum atomic E-state index is 12.6. The molecule has 2 aliphatic rings. The number of carbonyl (C=O) groups excluding carboxylic acids is 2. The van der Waals surface area contributed by atoms with E-state index in [9.17, 15) is 24.6 Å². The number of hydrogen-bond donors (Lipinski definition) is 2. The first-order valence-electron chi connectivity index (χ1n) is 9.91. The van der Waals surface area contributed by atoms with E-state index in [2.05, 4.69) is 0 Å². The van der Waals surface area contributed by atoms with Gasteiger partial charge in [-0.3, -0.25) is 9.59 Å². The number of aliphatic hydroxyl groups excluding tert-OH is 1. The molecule has 0 bridgehead atoms. The minimum absolute atomic E-state index is 0.0156. The number of carboxylic acids is 1. The van der Waals surface area contributed by atoms with Crippen LogP contribution in [0.4, 0.5) is 0 Å². The Bertz CT molecular complexity index is 1110. The topological polar surface area (TPSA) is 123 Å². The Morgan fingerprint density at radius 1 is 1.22 bits per heavy atom. The molecule has 2 aromatic rings. The number of Topliss-reactive ketones (excluding diaryl/α,β-unsaturated/α-hetero) is 1. The molecule has 32 heavy (non-hydrogen) atoms. The third kappa shape index (κ3) is 4.28. The van der Waals surface area contributed by atoms with Crippen molar-refractivity contribution in [1.82, 2.24) is 4.90 Å². The van der Waals surface area contributed by atoms with Gasteiger partial charge in [0, 0.05) is 19.0 Å². The number of fused-ring (bicyclic) bond motifs is 1. The maximum Gasteiger partial charge on any atom is 0.326 e. The molecule has 0 radical (unpaired) electrons. The van der Waals surface area contributed by atoms with Crippen LogP contribution in [0.15, 0.2) is 48.2 Å². The molecule has 2 heterocycles. The van der Waals surface area contributed by atoms with Gasteiger partial charge in [0.05, 0.1) is 18.8 Å². The Morgan fingerprint density at radius 3 is 2.78 bits per heavy atom. The molecule has 1 amide bonds. The monoisotopic (exact) mass is 439 g/mol. The lowest BCUT2D eigenvalue weighted by molar-refractivity contribution is -0.148. The number of β-amino-alcohol motifs (C(OH)–C–C–N with tert-alkyl or cyclic N) is 1. The molecule has 0 spiro atoms. The second-order valence-electron chi connectivity index (χ2n) is 7.45. The molecule has 0 saturated carbocycles. The number of hydrogen-bond acceptors (Lipinski definition) is 7. The summed E-state index contributed by atoms with van der Waals surface area (Å²) in [6.45, 7) is -0.463. The first kappa shape index (κ1) is 21.4. The number of amides is 1. The van der Waals surface area contributed by atoms with Crippen molar-refractivity contribution < 1.29 is 38.8 Å². The molecule has 4 rings (SSSR count). The number of ketones is 1. The van der Waals surface area contributed by atoms with Crippen LogP contribution in [0.1, 0.15) is 22.3 Å². The number of likely N-dealkylation sites (tertiary alicyclic amines) is 1. The molecule has 9 nitrogen and oxygen atoms in total. The third-order valence-corrected chi connectivity index (χ3v) is 5.28. The molecule has 0 unspecified atom stereocenters. The Kier molecular flexibility index (Phi) is 5.83. The van der Waals surface area contributed by atoms with Crippen LogP contribution in [0.5, 0.6) is 17.2 Å². The van der Waals surface area contributed by atoms with Gasteiger partial charge >= 0.3 is 5.97 Å². The molecule has 1 fully saturated rings. The molecule has 2 aliphatic heterocycles. The van der Waals surface area contributed by atoms with Gasteiger partial charge in [-0.1, -0.05) is 12.1 Å². The van der Waals surface area contributed by atoms with Gasteiger partial charge in [0.15, 0.2) is 12.4 Å². The van der Waals surface area contributed by atoms with Gasteiger partial charge in [-0.2, -0.15) is 0 Å².